The first-order chi connectivity index (χ1) is 17.0. The third kappa shape index (κ3) is 6.69. The molecule has 0 radical (unpaired) electrons. The zero-order chi connectivity index (χ0) is 27.8. The van der Waals surface area contributed by atoms with Crippen LogP contribution in [-0.2, 0) is 19.7 Å². The molecule has 15 heteroatoms. The van der Waals surface area contributed by atoms with E-state index in [1.807, 2.05) is 0 Å². The van der Waals surface area contributed by atoms with Crippen LogP contribution in [0.1, 0.15) is 10.4 Å². The van der Waals surface area contributed by atoms with E-state index in [2.05, 4.69) is 0 Å². The SMILES string of the molecule is CS(=O)(=O)c1ccc(N2CCN(C(=O)c3cc(S(C)(=O)=O)ccc3OCC(F)(F)C(F)F)CC2)c(F)c1. The van der Waals surface area contributed by atoms with Gasteiger partial charge in [0.05, 0.1) is 21.0 Å². The zero-order valence-corrected chi connectivity index (χ0v) is 21.3. The van der Waals surface area contributed by atoms with Gasteiger partial charge in [-0.15, -0.1) is 0 Å². The Morgan fingerprint density at radius 2 is 1.49 bits per heavy atom. The third-order valence-corrected chi connectivity index (χ3v) is 7.82. The molecular weight excluding hydrogens is 547 g/mol. The average Bonchev–Trinajstić information content (AvgIpc) is 2.81. The number of alkyl halides is 4. The van der Waals surface area contributed by atoms with E-state index in [4.69, 9.17) is 4.74 Å². The molecule has 1 amide bonds. The molecule has 1 aliphatic rings. The van der Waals surface area contributed by atoms with Crippen LogP contribution >= 0.6 is 0 Å². The van der Waals surface area contributed by atoms with Gasteiger partial charge in [0, 0.05) is 38.7 Å². The molecule has 2 aromatic carbocycles. The number of anilines is 1. The van der Waals surface area contributed by atoms with Crippen LogP contribution in [0.3, 0.4) is 0 Å². The molecule has 0 spiro atoms. The molecule has 37 heavy (non-hydrogen) atoms. The number of sulfone groups is 2. The van der Waals surface area contributed by atoms with E-state index < -0.39 is 61.7 Å². The Bertz CT molecular complexity index is 1390. The molecule has 0 saturated carbocycles. The second-order valence-electron chi connectivity index (χ2n) is 8.45. The highest BCUT2D eigenvalue weighted by molar-refractivity contribution is 7.91. The number of nitrogens with zero attached hydrogens (tertiary/aromatic N) is 2. The van der Waals surface area contributed by atoms with Gasteiger partial charge < -0.3 is 14.5 Å². The maximum atomic E-state index is 14.6. The number of piperazine rings is 1. The van der Waals surface area contributed by atoms with E-state index in [0.717, 1.165) is 36.8 Å². The Morgan fingerprint density at radius 1 is 0.946 bits per heavy atom. The number of carbonyl (C=O) groups is 1. The van der Waals surface area contributed by atoms with Gasteiger partial charge in [0.15, 0.2) is 26.3 Å². The van der Waals surface area contributed by atoms with Crippen molar-refractivity contribution in [1.29, 1.82) is 0 Å². The number of amides is 1. The zero-order valence-electron chi connectivity index (χ0n) is 19.6. The maximum Gasteiger partial charge on any atom is 0.340 e. The molecule has 8 nitrogen and oxygen atoms in total. The van der Waals surface area contributed by atoms with E-state index in [0.29, 0.717) is 0 Å². The standard InChI is InChI=1S/C22H23F5N2O6S2/c1-36(31,32)14-4-6-19(35-13-22(26,27)21(24)25)16(11-14)20(30)29-9-7-28(8-10-29)18-5-3-15(12-17(18)23)37(2,33)34/h3-6,11-12,21H,7-10,13H2,1-2H3. The Balaban J connectivity index is 1.81. The van der Waals surface area contributed by atoms with Crippen molar-refractivity contribution in [2.45, 2.75) is 22.1 Å². The number of halogens is 5. The summed E-state index contributed by atoms with van der Waals surface area (Å²) in [6.07, 6.45) is -2.20. The van der Waals surface area contributed by atoms with Crippen LogP contribution in [0.5, 0.6) is 5.75 Å². The molecule has 0 aromatic heterocycles. The van der Waals surface area contributed by atoms with Gasteiger partial charge in [-0.25, -0.2) is 30.0 Å². The highest BCUT2D eigenvalue weighted by Crippen LogP contribution is 2.30. The average molecular weight is 571 g/mol. The summed E-state index contributed by atoms with van der Waals surface area (Å²) in [5.41, 5.74) is -0.304. The van der Waals surface area contributed by atoms with Crippen LogP contribution < -0.4 is 9.64 Å². The molecule has 1 saturated heterocycles. The fraction of sp³-hybridized carbons (Fsp3) is 0.409. The molecule has 1 heterocycles. The normalized spacial score (nSPS) is 15.2. The predicted octanol–water partition coefficient (Wildman–Crippen LogP) is 2.87. The molecule has 1 aliphatic heterocycles. The summed E-state index contributed by atoms with van der Waals surface area (Å²) in [6.45, 7) is -1.53. The highest BCUT2D eigenvalue weighted by Gasteiger charge is 2.42. The van der Waals surface area contributed by atoms with E-state index in [1.165, 1.54) is 17.0 Å². The first kappa shape index (κ1) is 28.6. The largest absolute Gasteiger partial charge is 0.486 e. The van der Waals surface area contributed by atoms with Crippen LogP contribution in [0.25, 0.3) is 0 Å². The van der Waals surface area contributed by atoms with Crippen molar-refractivity contribution in [3.63, 3.8) is 0 Å². The lowest BCUT2D eigenvalue weighted by atomic mass is 10.1. The predicted molar refractivity (Wildman–Crippen MR) is 124 cm³/mol. The second-order valence-corrected chi connectivity index (χ2v) is 12.5. The monoisotopic (exact) mass is 570 g/mol. The number of ether oxygens (including phenoxy) is 1. The summed E-state index contributed by atoms with van der Waals surface area (Å²) < 4.78 is 118. The van der Waals surface area contributed by atoms with E-state index in [9.17, 15) is 43.6 Å². The van der Waals surface area contributed by atoms with Crippen molar-refractivity contribution in [2.24, 2.45) is 0 Å². The molecule has 0 atom stereocenters. The Hall–Kier alpha value is -2.94. The molecule has 0 aliphatic carbocycles. The first-order valence-corrected chi connectivity index (χ1v) is 14.5. The van der Waals surface area contributed by atoms with E-state index in [-0.39, 0.29) is 41.7 Å². The summed E-state index contributed by atoms with van der Waals surface area (Å²) in [6, 6.07) is 6.30. The lowest BCUT2D eigenvalue weighted by molar-refractivity contribution is -0.148. The quantitative estimate of drug-likeness (QED) is 0.450. The molecule has 1 fully saturated rings. The Labute approximate surface area is 210 Å². The van der Waals surface area contributed by atoms with Gasteiger partial charge >= 0.3 is 12.3 Å². The van der Waals surface area contributed by atoms with Gasteiger partial charge in [0.1, 0.15) is 11.6 Å². The Kier molecular flexibility index (Phi) is 8.08. The van der Waals surface area contributed by atoms with Gasteiger partial charge in [-0.3, -0.25) is 4.79 Å². The fourth-order valence-electron chi connectivity index (χ4n) is 3.57. The summed E-state index contributed by atoms with van der Waals surface area (Å²) in [5, 5.41) is 0. The van der Waals surface area contributed by atoms with Crippen LogP contribution in [0.15, 0.2) is 46.2 Å². The minimum absolute atomic E-state index is 0.00182. The maximum absolute atomic E-state index is 14.6. The number of hydrogen-bond donors (Lipinski definition) is 0. The molecule has 2 aromatic rings. The Morgan fingerprint density at radius 3 is 2.00 bits per heavy atom. The summed E-state index contributed by atoms with van der Waals surface area (Å²) in [7, 11) is -7.43. The summed E-state index contributed by atoms with van der Waals surface area (Å²) in [5.74, 6) is -6.58. The molecule has 3 rings (SSSR count). The first-order valence-electron chi connectivity index (χ1n) is 10.7. The van der Waals surface area contributed by atoms with Crippen molar-refractivity contribution >= 4 is 31.3 Å². The fourth-order valence-corrected chi connectivity index (χ4v) is 4.85. The number of rotatable bonds is 8. The van der Waals surface area contributed by atoms with Crippen molar-refractivity contribution in [3.05, 3.63) is 47.8 Å². The van der Waals surface area contributed by atoms with Gasteiger partial charge in [-0.2, -0.15) is 8.78 Å². The number of benzene rings is 2. The molecule has 204 valence electrons. The van der Waals surface area contributed by atoms with Crippen LogP contribution in [0, 0.1) is 5.82 Å². The van der Waals surface area contributed by atoms with Crippen molar-refractivity contribution in [3.8, 4) is 5.75 Å². The van der Waals surface area contributed by atoms with Crippen LogP contribution in [0.4, 0.5) is 27.6 Å². The molecule has 0 unspecified atom stereocenters. The van der Waals surface area contributed by atoms with E-state index >= 15 is 0 Å². The lowest BCUT2D eigenvalue weighted by Gasteiger charge is -2.36. The topological polar surface area (TPSA) is 101 Å². The number of hydrogen-bond acceptors (Lipinski definition) is 7. The van der Waals surface area contributed by atoms with Crippen molar-refractivity contribution < 1.29 is 48.3 Å². The molecule has 0 N–H and O–H groups in total. The molecular formula is C22H23F5N2O6S2. The number of carbonyl (C=O) groups excluding carboxylic acids is 1. The van der Waals surface area contributed by atoms with Gasteiger partial charge in [0.2, 0.25) is 0 Å². The van der Waals surface area contributed by atoms with Gasteiger partial charge in [-0.1, -0.05) is 0 Å². The highest BCUT2D eigenvalue weighted by atomic mass is 32.2. The van der Waals surface area contributed by atoms with Gasteiger partial charge in [-0.05, 0) is 36.4 Å². The van der Waals surface area contributed by atoms with Crippen LogP contribution in [-0.4, -0.2) is 85.3 Å². The smallest absolute Gasteiger partial charge is 0.340 e. The van der Waals surface area contributed by atoms with Crippen molar-refractivity contribution in [2.75, 3.05) is 50.2 Å². The third-order valence-electron chi connectivity index (χ3n) is 5.60. The summed E-state index contributed by atoms with van der Waals surface area (Å²) >= 11 is 0. The van der Waals surface area contributed by atoms with Crippen molar-refractivity contribution in [1.82, 2.24) is 4.90 Å². The summed E-state index contributed by atoms with van der Waals surface area (Å²) in [4.78, 5) is 15.5. The van der Waals surface area contributed by atoms with Crippen LogP contribution in [0.2, 0.25) is 0 Å². The lowest BCUT2D eigenvalue weighted by Crippen LogP contribution is -2.49. The minimum atomic E-state index is -4.50. The minimum Gasteiger partial charge on any atom is -0.486 e. The van der Waals surface area contributed by atoms with Gasteiger partial charge in [0.25, 0.3) is 5.91 Å². The molecule has 0 bridgehead atoms. The second kappa shape index (κ2) is 10.4. The van der Waals surface area contributed by atoms with E-state index in [1.54, 1.807) is 4.90 Å².